The van der Waals surface area contributed by atoms with Crippen molar-refractivity contribution in [2.24, 2.45) is 7.05 Å². The number of hydrogen-bond acceptors (Lipinski definition) is 5. The molecular weight excluding hydrogens is 260 g/mol. The van der Waals surface area contributed by atoms with Crippen LogP contribution in [0.25, 0.3) is 0 Å². The van der Waals surface area contributed by atoms with Crippen LogP contribution in [0.3, 0.4) is 0 Å². The predicted octanol–water partition coefficient (Wildman–Crippen LogP) is 1.92. The smallest absolute Gasteiger partial charge is 0.334 e. The zero-order valence-corrected chi connectivity index (χ0v) is 11.8. The molecule has 20 heavy (non-hydrogen) atoms. The molecule has 2 aromatic rings. The van der Waals surface area contributed by atoms with Gasteiger partial charge in [0, 0.05) is 24.8 Å². The summed E-state index contributed by atoms with van der Waals surface area (Å²) >= 11 is 0. The van der Waals surface area contributed by atoms with E-state index in [0.29, 0.717) is 24.5 Å². The first-order valence-corrected chi connectivity index (χ1v) is 6.47. The van der Waals surface area contributed by atoms with Gasteiger partial charge in [0.1, 0.15) is 5.69 Å². The maximum Gasteiger partial charge on any atom is 0.334 e. The standard InChI is InChI=1S/C12H18N6O2/c1-4-5-10-11(18(19)20)12(17(3)16-10)13-6-9-7-14-15-8(9)2/h7,13H,4-6H2,1-3H3,(H,14,15). The molecule has 108 valence electrons. The Morgan fingerprint density at radius 2 is 2.30 bits per heavy atom. The lowest BCUT2D eigenvalue weighted by Gasteiger charge is -2.05. The number of anilines is 1. The molecular formula is C12H18N6O2. The quantitative estimate of drug-likeness (QED) is 0.621. The van der Waals surface area contributed by atoms with E-state index in [1.807, 2.05) is 13.8 Å². The van der Waals surface area contributed by atoms with Crippen molar-refractivity contribution >= 4 is 11.5 Å². The minimum absolute atomic E-state index is 0.0653. The topological polar surface area (TPSA) is 102 Å². The normalized spacial score (nSPS) is 10.8. The van der Waals surface area contributed by atoms with Crippen molar-refractivity contribution in [2.75, 3.05) is 5.32 Å². The van der Waals surface area contributed by atoms with Gasteiger partial charge >= 0.3 is 5.69 Å². The molecule has 0 aromatic carbocycles. The molecule has 0 aliphatic heterocycles. The first kappa shape index (κ1) is 14.0. The van der Waals surface area contributed by atoms with E-state index in [4.69, 9.17) is 0 Å². The van der Waals surface area contributed by atoms with Gasteiger partial charge < -0.3 is 5.32 Å². The maximum atomic E-state index is 11.3. The van der Waals surface area contributed by atoms with Crippen molar-refractivity contribution in [2.45, 2.75) is 33.2 Å². The molecule has 0 fully saturated rings. The summed E-state index contributed by atoms with van der Waals surface area (Å²) in [6.45, 7) is 4.35. The fourth-order valence-electron chi connectivity index (χ4n) is 2.10. The van der Waals surface area contributed by atoms with Gasteiger partial charge in [0.2, 0.25) is 5.82 Å². The van der Waals surface area contributed by atoms with Gasteiger partial charge in [-0.2, -0.15) is 10.2 Å². The van der Waals surface area contributed by atoms with Crippen LogP contribution in [0.2, 0.25) is 0 Å². The Morgan fingerprint density at radius 1 is 1.55 bits per heavy atom. The van der Waals surface area contributed by atoms with Gasteiger partial charge in [-0.3, -0.25) is 15.2 Å². The lowest BCUT2D eigenvalue weighted by Crippen LogP contribution is -2.06. The molecule has 2 N–H and O–H groups in total. The van der Waals surface area contributed by atoms with Crippen molar-refractivity contribution < 1.29 is 4.92 Å². The highest BCUT2D eigenvalue weighted by Crippen LogP contribution is 2.29. The van der Waals surface area contributed by atoms with Crippen LogP contribution in [0.5, 0.6) is 0 Å². The molecule has 0 unspecified atom stereocenters. The summed E-state index contributed by atoms with van der Waals surface area (Å²) in [5, 5.41) is 25.3. The van der Waals surface area contributed by atoms with E-state index >= 15 is 0 Å². The number of hydrogen-bond donors (Lipinski definition) is 2. The molecule has 8 nitrogen and oxygen atoms in total. The second-order valence-corrected chi connectivity index (χ2v) is 4.65. The summed E-state index contributed by atoms with van der Waals surface area (Å²) in [4.78, 5) is 10.9. The number of nitrogens with one attached hydrogen (secondary N) is 2. The second kappa shape index (κ2) is 5.72. The third kappa shape index (κ3) is 2.63. The number of nitro groups is 1. The van der Waals surface area contributed by atoms with Crippen LogP contribution in [-0.4, -0.2) is 24.9 Å². The number of rotatable bonds is 6. The van der Waals surface area contributed by atoms with Crippen LogP contribution in [0.4, 0.5) is 11.5 Å². The van der Waals surface area contributed by atoms with Crippen molar-refractivity contribution in [1.29, 1.82) is 0 Å². The Labute approximate surface area is 116 Å². The number of aromatic nitrogens is 4. The van der Waals surface area contributed by atoms with E-state index in [1.165, 1.54) is 4.68 Å². The van der Waals surface area contributed by atoms with Crippen molar-refractivity contribution in [3.63, 3.8) is 0 Å². The minimum atomic E-state index is -0.372. The molecule has 0 bridgehead atoms. The van der Waals surface area contributed by atoms with Gasteiger partial charge in [0.05, 0.1) is 11.1 Å². The average Bonchev–Trinajstić information content (AvgIpc) is 2.91. The zero-order chi connectivity index (χ0) is 14.7. The molecule has 0 aliphatic rings. The molecule has 2 rings (SSSR count). The highest BCUT2D eigenvalue weighted by molar-refractivity contribution is 5.60. The average molecular weight is 278 g/mol. The zero-order valence-electron chi connectivity index (χ0n) is 11.8. The Morgan fingerprint density at radius 3 is 2.85 bits per heavy atom. The Hall–Kier alpha value is -2.38. The summed E-state index contributed by atoms with van der Waals surface area (Å²) in [6, 6.07) is 0. The second-order valence-electron chi connectivity index (χ2n) is 4.65. The summed E-state index contributed by atoms with van der Waals surface area (Å²) in [5.74, 6) is 0.430. The van der Waals surface area contributed by atoms with Gasteiger partial charge in [-0.05, 0) is 13.3 Å². The van der Waals surface area contributed by atoms with Gasteiger partial charge in [0.25, 0.3) is 0 Å². The highest BCUT2D eigenvalue weighted by atomic mass is 16.6. The Balaban J connectivity index is 2.26. The third-order valence-corrected chi connectivity index (χ3v) is 3.14. The number of aryl methyl sites for hydroxylation is 3. The molecule has 2 aromatic heterocycles. The number of nitrogens with zero attached hydrogens (tertiary/aromatic N) is 4. The van der Waals surface area contributed by atoms with Crippen LogP contribution in [0.15, 0.2) is 6.20 Å². The van der Waals surface area contributed by atoms with Gasteiger partial charge in [-0.15, -0.1) is 0 Å². The lowest BCUT2D eigenvalue weighted by atomic mass is 10.2. The van der Waals surface area contributed by atoms with Gasteiger partial charge in [-0.25, -0.2) is 4.68 Å². The molecule has 0 saturated carbocycles. The summed E-state index contributed by atoms with van der Waals surface area (Å²) in [7, 11) is 1.71. The van der Waals surface area contributed by atoms with Crippen LogP contribution < -0.4 is 5.32 Å². The molecule has 8 heteroatoms. The molecule has 2 heterocycles. The third-order valence-electron chi connectivity index (χ3n) is 3.14. The van der Waals surface area contributed by atoms with E-state index in [1.54, 1.807) is 13.2 Å². The van der Waals surface area contributed by atoms with Crippen molar-refractivity contribution in [1.82, 2.24) is 20.0 Å². The van der Waals surface area contributed by atoms with E-state index in [2.05, 4.69) is 20.6 Å². The maximum absolute atomic E-state index is 11.3. The molecule has 0 saturated heterocycles. The first-order valence-electron chi connectivity index (χ1n) is 6.47. The minimum Gasteiger partial charge on any atom is -0.360 e. The monoisotopic (exact) mass is 278 g/mol. The largest absolute Gasteiger partial charge is 0.360 e. The predicted molar refractivity (Wildman–Crippen MR) is 74.5 cm³/mol. The highest BCUT2D eigenvalue weighted by Gasteiger charge is 2.25. The Bertz CT molecular complexity index is 615. The van der Waals surface area contributed by atoms with Crippen LogP contribution in [0.1, 0.15) is 30.3 Å². The number of H-pyrrole nitrogens is 1. The van der Waals surface area contributed by atoms with Crippen LogP contribution >= 0.6 is 0 Å². The molecule has 0 amide bonds. The SMILES string of the molecule is CCCc1nn(C)c(NCc2cn[nH]c2C)c1[N+](=O)[O-]. The fourth-order valence-corrected chi connectivity index (χ4v) is 2.10. The summed E-state index contributed by atoms with van der Waals surface area (Å²) in [5.41, 5.74) is 2.50. The van der Waals surface area contributed by atoms with Crippen molar-refractivity contribution in [3.05, 3.63) is 33.3 Å². The molecule has 0 spiro atoms. The molecule has 0 radical (unpaired) electrons. The fraction of sp³-hybridized carbons (Fsp3) is 0.500. The van der Waals surface area contributed by atoms with E-state index in [9.17, 15) is 10.1 Å². The number of aromatic amines is 1. The van der Waals surface area contributed by atoms with E-state index in [0.717, 1.165) is 17.7 Å². The van der Waals surface area contributed by atoms with Crippen LogP contribution in [0, 0.1) is 17.0 Å². The van der Waals surface area contributed by atoms with E-state index in [-0.39, 0.29) is 10.6 Å². The molecule has 0 aliphatic carbocycles. The van der Waals surface area contributed by atoms with Gasteiger partial charge in [-0.1, -0.05) is 13.3 Å². The van der Waals surface area contributed by atoms with E-state index < -0.39 is 0 Å². The summed E-state index contributed by atoms with van der Waals surface area (Å²) in [6.07, 6.45) is 3.12. The Kier molecular flexibility index (Phi) is 4.02. The van der Waals surface area contributed by atoms with Crippen LogP contribution in [-0.2, 0) is 20.0 Å². The first-order chi connectivity index (χ1) is 9.54. The van der Waals surface area contributed by atoms with Crippen molar-refractivity contribution in [3.8, 4) is 0 Å². The van der Waals surface area contributed by atoms with Gasteiger partial charge in [0.15, 0.2) is 0 Å². The lowest BCUT2D eigenvalue weighted by molar-refractivity contribution is -0.384. The summed E-state index contributed by atoms with van der Waals surface area (Å²) < 4.78 is 1.53. The molecule has 0 atom stereocenters.